The second kappa shape index (κ2) is 7.72. The molecule has 1 heterocycles. The smallest absolute Gasteiger partial charge is 0.263 e. The van der Waals surface area contributed by atoms with Crippen LogP contribution in [0.15, 0.2) is 10.9 Å². The van der Waals surface area contributed by atoms with Gasteiger partial charge in [-0.25, -0.2) is 4.98 Å². The van der Waals surface area contributed by atoms with Crippen LogP contribution >= 0.6 is 23.2 Å². The lowest BCUT2D eigenvalue weighted by atomic mass is 10.2. The lowest BCUT2D eigenvalue weighted by Crippen LogP contribution is -2.32. The van der Waals surface area contributed by atoms with E-state index < -0.39 is 0 Å². The van der Waals surface area contributed by atoms with Gasteiger partial charge in [-0.2, -0.15) is 0 Å². The Morgan fingerprint density at radius 2 is 1.88 bits per heavy atom. The van der Waals surface area contributed by atoms with Crippen molar-refractivity contribution in [3.63, 3.8) is 0 Å². The Labute approximate surface area is 151 Å². The molecule has 0 bridgehead atoms. The molecule has 0 saturated heterocycles. The SMILES string of the molecule is CCN(CC)Cc1nc2c(O)c(Cl)cc(Cl)c2c(=O)n1CC(C)C. The highest BCUT2D eigenvalue weighted by molar-refractivity contribution is 6.39. The van der Waals surface area contributed by atoms with Crippen molar-refractivity contribution in [3.8, 4) is 5.75 Å². The van der Waals surface area contributed by atoms with Crippen molar-refractivity contribution < 1.29 is 5.11 Å². The van der Waals surface area contributed by atoms with Gasteiger partial charge in [-0.05, 0) is 25.1 Å². The number of nitrogens with zero attached hydrogens (tertiary/aromatic N) is 3. The summed E-state index contributed by atoms with van der Waals surface area (Å²) >= 11 is 12.2. The minimum Gasteiger partial charge on any atom is -0.504 e. The molecule has 0 unspecified atom stereocenters. The van der Waals surface area contributed by atoms with E-state index in [4.69, 9.17) is 23.2 Å². The van der Waals surface area contributed by atoms with Crippen molar-refractivity contribution in [2.24, 2.45) is 5.92 Å². The van der Waals surface area contributed by atoms with E-state index in [0.29, 0.717) is 18.9 Å². The predicted molar refractivity (Wildman–Crippen MR) is 99.2 cm³/mol. The Morgan fingerprint density at radius 3 is 2.42 bits per heavy atom. The molecular formula is C17H23Cl2N3O2. The van der Waals surface area contributed by atoms with Crippen LogP contribution in [0.4, 0.5) is 0 Å². The first-order chi connectivity index (χ1) is 11.3. The number of phenolic OH excluding ortho intramolecular Hbond substituents is 1. The number of rotatable bonds is 6. The van der Waals surface area contributed by atoms with Gasteiger partial charge in [-0.15, -0.1) is 0 Å². The summed E-state index contributed by atoms with van der Waals surface area (Å²) in [7, 11) is 0. The monoisotopic (exact) mass is 371 g/mol. The fraction of sp³-hybridized carbons (Fsp3) is 0.529. The fourth-order valence-corrected chi connectivity index (χ4v) is 3.21. The first kappa shape index (κ1) is 19.0. The summed E-state index contributed by atoms with van der Waals surface area (Å²) in [6.45, 7) is 10.9. The summed E-state index contributed by atoms with van der Waals surface area (Å²) < 4.78 is 1.66. The van der Waals surface area contributed by atoms with Gasteiger partial charge in [-0.1, -0.05) is 50.9 Å². The number of aromatic hydroxyl groups is 1. The Kier molecular flexibility index (Phi) is 6.12. The molecule has 0 amide bonds. The van der Waals surface area contributed by atoms with Gasteiger partial charge in [0.15, 0.2) is 5.75 Å². The third-order valence-electron chi connectivity index (χ3n) is 4.00. The summed E-state index contributed by atoms with van der Waals surface area (Å²) in [5, 5.41) is 10.7. The van der Waals surface area contributed by atoms with Crippen LogP contribution < -0.4 is 5.56 Å². The molecule has 7 heteroatoms. The molecule has 2 rings (SSSR count). The molecule has 1 N–H and O–H groups in total. The average Bonchev–Trinajstić information content (AvgIpc) is 2.52. The minimum absolute atomic E-state index is 0.0924. The summed E-state index contributed by atoms with van der Waals surface area (Å²) in [5.74, 6) is 0.682. The van der Waals surface area contributed by atoms with Crippen LogP contribution in [-0.4, -0.2) is 32.6 Å². The molecule has 0 radical (unpaired) electrons. The number of aromatic nitrogens is 2. The maximum Gasteiger partial charge on any atom is 0.263 e. The Morgan fingerprint density at radius 1 is 1.25 bits per heavy atom. The second-order valence-electron chi connectivity index (χ2n) is 6.21. The lowest BCUT2D eigenvalue weighted by Gasteiger charge is -2.22. The molecule has 2 aromatic rings. The number of halogens is 2. The van der Waals surface area contributed by atoms with Gasteiger partial charge in [0.05, 0.1) is 22.0 Å². The minimum atomic E-state index is -0.243. The molecule has 0 spiro atoms. The van der Waals surface area contributed by atoms with Crippen molar-refractivity contribution >= 4 is 34.1 Å². The van der Waals surface area contributed by atoms with Crippen LogP contribution in [0.3, 0.4) is 0 Å². The van der Waals surface area contributed by atoms with E-state index in [2.05, 4.69) is 23.7 Å². The highest BCUT2D eigenvalue weighted by atomic mass is 35.5. The lowest BCUT2D eigenvalue weighted by molar-refractivity contribution is 0.279. The normalized spacial score (nSPS) is 11.8. The number of fused-ring (bicyclic) bond motifs is 1. The number of phenols is 1. The summed E-state index contributed by atoms with van der Waals surface area (Å²) in [6, 6.07) is 1.38. The van der Waals surface area contributed by atoms with Crippen LogP contribution in [-0.2, 0) is 13.1 Å². The average molecular weight is 372 g/mol. The zero-order valence-electron chi connectivity index (χ0n) is 14.4. The van der Waals surface area contributed by atoms with Crippen LogP contribution in [0, 0.1) is 5.92 Å². The van der Waals surface area contributed by atoms with E-state index >= 15 is 0 Å². The zero-order valence-corrected chi connectivity index (χ0v) is 15.9. The molecule has 132 valence electrons. The Hall–Kier alpha value is -1.30. The standard InChI is InChI=1S/C17H23Cl2N3O2/c1-5-21(6-2)9-13-20-15-14(11(18)7-12(19)16(15)23)17(24)22(13)8-10(3)4/h7,10,23H,5-6,8-9H2,1-4H3. The van der Waals surface area contributed by atoms with Crippen molar-refractivity contribution in [3.05, 3.63) is 32.3 Å². The Bertz CT molecular complexity index is 799. The van der Waals surface area contributed by atoms with Gasteiger partial charge < -0.3 is 5.11 Å². The molecule has 0 aliphatic heterocycles. The molecule has 0 aliphatic carbocycles. The maximum atomic E-state index is 13.0. The van der Waals surface area contributed by atoms with E-state index in [1.165, 1.54) is 6.07 Å². The third-order valence-corrected chi connectivity index (χ3v) is 4.58. The summed E-state index contributed by atoms with van der Waals surface area (Å²) in [6.07, 6.45) is 0. The molecule has 0 saturated carbocycles. The second-order valence-corrected chi connectivity index (χ2v) is 7.03. The molecule has 1 aromatic carbocycles. The molecular weight excluding hydrogens is 349 g/mol. The number of hydrogen-bond donors (Lipinski definition) is 1. The number of benzene rings is 1. The highest BCUT2D eigenvalue weighted by Crippen LogP contribution is 2.34. The summed E-state index contributed by atoms with van der Waals surface area (Å²) in [5.41, 5.74) is -0.0764. The van der Waals surface area contributed by atoms with Gasteiger partial charge in [0.2, 0.25) is 0 Å². The first-order valence-corrected chi connectivity index (χ1v) is 8.88. The first-order valence-electron chi connectivity index (χ1n) is 8.12. The van der Waals surface area contributed by atoms with E-state index in [1.54, 1.807) is 4.57 Å². The fourth-order valence-electron chi connectivity index (χ4n) is 2.67. The molecule has 24 heavy (non-hydrogen) atoms. The van der Waals surface area contributed by atoms with E-state index in [-0.39, 0.29) is 38.2 Å². The van der Waals surface area contributed by atoms with Crippen LogP contribution in [0.1, 0.15) is 33.5 Å². The van der Waals surface area contributed by atoms with Crippen molar-refractivity contribution in [1.29, 1.82) is 0 Å². The van der Waals surface area contributed by atoms with E-state index in [1.807, 2.05) is 13.8 Å². The van der Waals surface area contributed by atoms with Crippen molar-refractivity contribution in [2.75, 3.05) is 13.1 Å². The highest BCUT2D eigenvalue weighted by Gasteiger charge is 2.20. The van der Waals surface area contributed by atoms with E-state index in [0.717, 1.165) is 13.1 Å². The molecule has 0 aliphatic rings. The van der Waals surface area contributed by atoms with Gasteiger partial charge >= 0.3 is 0 Å². The zero-order chi connectivity index (χ0) is 18.0. The van der Waals surface area contributed by atoms with Gasteiger partial charge in [-0.3, -0.25) is 14.3 Å². The predicted octanol–water partition coefficient (Wildman–Crippen LogP) is 3.91. The van der Waals surface area contributed by atoms with Gasteiger partial charge in [0.25, 0.3) is 5.56 Å². The largest absolute Gasteiger partial charge is 0.504 e. The molecule has 5 nitrogen and oxygen atoms in total. The molecule has 1 aromatic heterocycles. The van der Waals surface area contributed by atoms with E-state index in [9.17, 15) is 9.90 Å². The number of hydrogen-bond acceptors (Lipinski definition) is 4. The molecule has 0 atom stereocenters. The van der Waals surface area contributed by atoms with Crippen molar-refractivity contribution in [1.82, 2.24) is 14.5 Å². The molecule has 0 fully saturated rings. The summed E-state index contributed by atoms with van der Waals surface area (Å²) in [4.78, 5) is 19.7. The van der Waals surface area contributed by atoms with Crippen molar-refractivity contribution in [2.45, 2.75) is 40.8 Å². The Balaban J connectivity index is 2.78. The topological polar surface area (TPSA) is 58.4 Å². The quantitative estimate of drug-likeness (QED) is 0.836. The maximum absolute atomic E-state index is 13.0. The van der Waals surface area contributed by atoms with Gasteiger partial charge in [0, 0.05) is 6.54 Å². The van der Waals surface area contributed by atoms with Crippen LogP contribution in [0.2, 0.25) is 10.0 Å². The van der Waals surface area contributed by atoms with Crippen LogP contribution in [0.5, 0.6) is 5.75 Å². The third kappa shape index (κ3) is 3.68. The van der Waals surface area contributed by atoms with Crippen LogP contribution in [0.25, 0.3) is 10.9 Å². The van der Waals surface area contributed by atoms with Gasteiger partial charge in [0.1, 0.15) is 11.3 Å².